The molecule has 7 heteroatoms. The van der Waals surface area contributed by atoms with Crippen molar-refractivity contribution in [3.8, 4) is 0 Å². The van der Waals surface area contributed by atoms with E-state index in [1.54, 1.807) is 30.1 Å². The number of rotatable bonds is 7. The molecule has 0 saturated carbocycles. The third kappa shape index (κ3) is 3.90. The minimum absolute atomic E-state index is 0.268. The van der Waals surface area contributed by atoms with Gasteiger partial charge in [-0.1, -0.05) is 26.0 Å². The average molecular weight is 414 g/mol. The Bertz CT molecular complexity index is 785. The highest BCUT2D eigenvalue weighted by Gasteiger charge is 2.23. The van der Waals surface area contributed by atoms with Gasteiger partial charge in [0.05, 0.1) is 27.8 Å². The molecule has 1 aromatic heterocycles. The first-order chi connectivity index (χ1) is 11.3. The van der Waals surface area contributed by atoms with Gasteiger partial charge in [-0.05, 0) is 52.9 Å². The average Bonchev–Trinajstić information content (AvgIpc) is 2.94. The molecule has 132 valence electrons. The third-order valence-corrected chi connectivity index (χ3v) is 6.82. The van der Waals surface area contributed by atoms with Crippen molar-refractivity contribution in [3.05, 3.63) is 46.2 Å². The highest BCUT2D eigenvalue weighted by Crippen LogP contribution is 2.24. The van der Waals surface area contributed by atoms with E-state index in [-0.39, 0.29) is 6.54 Å². The normalized spacial score (nSPS) is 13.4. The summed E-state index contributed by atoms with van der Waals surface area (Å²) < 4.78 is 29.6. The van der Waals surface area contributed by atoms with Gasteiger partial charge in [-0.3, -0.25) is 4.68 Å². The smallest absolute Gasteiger partial charge is 0.243 e. The quantitative estimate of drug-likeness (QED) is 0.688. The maximum absolute atomic E-state index is 12.8. The Hall–Kier alpha value is -1.18. The van der Waals surface area contributed by atoms with Gasteiger partial charge in [-0.15, -0.1) is 0 Å². The lowest BCUT2D eigenvalue weighted by atomic mass is 9.99. The van der Waals surface area contributed by atoms with E-state index in [2.05, 4.69) is 34.9 Å². The molecule has 0 aliphatic carbocycles. The van der Waals surface area contributed by atoms with Crippen LogP contribution < -0.4 is 0 Å². The zero-order chi connectivity index (χ0) is 17.9. The Morgan fingerprint density at radius 3 is 2.42 bits per heavy atom. The molecule has 2 rings (SSSR count). The van der Waals surface area contributed by atoms with Crippen LogP contribution in [0, 0.1) is 0 Å². The van der Waals surface area contributed by atoms with Crippen LogP contribution in [0.15, 0.2) is 39.8 Å². The molecular formula is C17H24BrN3O2S. The number of aryl methyl sites for hydroxylation is 1. The molecule has 1 aromatic carbocycles. The van der Waals surface area contributed by atoms with Crippen LogP contribution >= 0.6 is 15.9 Å². The lowest BCUT2D eigenvalue weighted by Gasteiger charge is -2.19. The van der Waals surface area contributed by atoms with E-state index in [4.69, 9.17) is 0 Å². The predicted octanol–water partition coefficient (Wildman–Crippen LogP) is 4.00. The Morgan fingerprint density at radius 2 is 1.88 bits per heavy atom. The maximum Gasteiger partial charge on any atom is 0.243 e. The topological polar surface area (TPSA) is 55.2 Å². The van der Waals surface area contributed by atoms with Gasteiger partial charge in [0.25, 0.3) is 0 Å². The molecule has 1 atom stereocenters. The summed E-state index contributed by atoms with van der Waals surface area (Å²) in [6.07, 6.45) is 2.72. The zero-order valence-electron chi connectivity index (χ0n) is 14.5. The van der Waals surface area contributed by atoms with Gasteiger partial charge in [0, 0.05) is 13.6 Å². The molecule has 0 aliphatic rings. The van der Waals surface area contributed by atoms with Crippen LogP contribution in [-0.2, 0) is 23.1 Å². The van der Waals surface area contributed by atoms with Crippen molar-refractivity contribution in [2.45, 2.75) is 51.1 Å². The second-order valence-electron chi connectivity index (χ2n) is 5.89. The van der Waals surface area contributed by atoms with Gasteiger partial charge in [0.15, 0.2) is 0 Å². The molecule has 2 aromatic rings. The van der Waals surface area contributed by atoms with E-state index in [0.29, 0.717) is 17.4 Å². The first-order valence-electron chi connectivity index (χ1n) is 8.07. The van der Waals surface area contributed by atoms with Crippen molar-refractivity contribution in [2.75, 3.05) is 7.05 Å². The van der Waals surface area contributed by atoms with Crippen molar-refractivity contribution in [1.82, 2.24) is 14.1 Å². The Balaban J connectivity index is 2.24. The number of aromatic nitrogens is 2. The largest absolute Gasteiger partial charge is 0.267 e. The lowest BCUT2D eigenvalue weighted by Crippen LogP contribution is -2.28. The Labute approximate surface area is 152 Å². The fourth-order valence-corrected chi connectivity index (χ4v) is 4.05. The van der Waals surface area contributed by atoms with Gasteiger partial charge < -0.3 is 0 Å². The molecular weight excluding hydrogens is 390 g/mol. The molecule has 24 heavy (non-hydrogen) atoms. The van der Waals surface area contributed by atoms with Crippen LogP contribution in [0.1, 0.15) is 44.4 Å². The molecule has 0 fully saturated rings. The highest BCUT2D eigenvalue weighted by molar-refractivity contribution is 9.10. The minimum Gasteiger partial charge on any atom is -0.267 e. The summed E-state index contributed by atoms with van der Waals surface area (Å²) in [5, 5.41) is 4.23. The van der Waals surface area contributed by atoms with E-state index >= 15 is 0 Å². The SMILES string of the molecule is CC[C@H](C)c1ccc(S(=O)(=O)N(C)Cc2c(Br)cnn2CC)cc1. The monoisotopic (exact) mass is 413 g/mol. The molecule has 0 aliphatic heterocycles. The van der Waals surface area contributed by atoms with Crippen molar-refractivity contribution < 1.29 is 8.42 Å². The number of nitrogens with zero attached hydrogens (tertiary/aromatic N) is 3. The molecule has 0 radical (unpaired) electrons. The van der Waals surface area contributed by atoms with Crippen LogP contribution in [-0.4, -0.2) is 29.6 Å². The number of hydrogen-bond donors (Lipinski definition) is 0. The Kier molecular flexibility index (Phi) is 6.22. The van der Waals surface area contributed by atoms with Gasteiger partial charge >= 0.3 is 0 Å². The standard InChI is InChI=1S/C17H24BrN3O2S/c1-5-13(3)14-7-9-15(10-8-14)24(22,23)20(4)12-17-16(18)11-19-21(17)6-2/h7-11,13H,5-6,12H2,1-4H3/t13-/m0/s1. The van der Waals surface area contributed by atoms with E-state index in [9.17, 15) is 8.42 Å². The van der Waals surface area contributed by atoms with Gasteiger partial charge in [0.1, 0.15) is 0 Å². The van der Waals surface area contributed by atoms with Crippen LogP contribution in [0.2, 0.25) is 0 Å². The molecule has 0 unspecified atom stereocenters. The van der Waals surface area contributed by atoms with Crippen LogP contribution in [0.3, 0.4) is 0 Å². The first-order valence-corrected chi connectivity index (χ1v) is 10.3. The summed E-state index contributed by atoms with van der Waals surface area (Å²) in [6.45, 7) is 7.20. The van der Waals surface area contributed by atoms with Crippen molar-refractivity contribution in [1.29, 1.82) is 0 Å². The number of sulfonamides is 1. The van der Waals surface area contributed by atoms with E-state index in [1.807, 2.05) is 19.1 Å². The molecule has 0 spiro atoms. The van der Waals surface area contributed by atoms with Gasteiger partial charge in [-0.25, -0.2) is 8.42 Å². The second kappa shape index (κ2) is 7.80. The van der Waals surface area contributed by atoms with Crippen molar-refractivity contribution in [3.63, 3.8) is 0 Å². The van der Waals surface area contributed by atoms with Gasteiger partial charge in [0.2, 0.25) is 10.0 Å². The molecule has 5 nitrogen and oxygen atoms in total. The van der Waals surface area contributed by atoms with Crippen molar-refractivity contribution in [2.24, 2.45) is 0 Å². The van der Waals surface area contributed by atoms with E-state index < -0.39 is 10.0 Å². The predicted molar refractivity (Wildman–Crippen MR) is 99.4 cm³/mol. The van der Waals surface area contributed by atoms with Gasteiger partial charge in [-0.2, -0.15) is 9.40 Å². The number of halogens is 1. The summed E-state index contributed by atoms with van der Waals surface area (Å²) >= 11 is 3.44. The van der Waals surface area contributed by atoms with E-state index in [0.717, 1.165) is 22.2 Å². The number of hydrogen-bond acceptors (Lipinski definition) is 3. The molecule has 0 saturated heterocycles. The molecule has 0 N–H and O–H groups in total. The number of benzene rings is 1. The first kappa shape index (κ1) is 19.1. The van der Waals surface area contributed by atoms with E-state index in [1.165, 1.54) is 4.31 Å². The molecule has 1 heterocycles. The lowest BCUT2D eigenvalue weighted by molar-refractivity contribution is 0.446. The highest BCUT2D eigenvalue weighted by atomic mass is 79.9. The van der Waals surface area contributed by atoms with Crippen LogP contribution in [0.4, 0.5) is 0 Å². The van der Waals surface area contributed by atoms with Crippen LogP contribution in [0.25, 0.3) is 0 Å². The summed E-state index contributed by atoms with van der Waals surface area (Å²) in [5.74, 6) is 0.425. The third-order valence-electron chi connectivity index (χ3n) is 4.34. The fourth-order valence-electron chi connectivity index (χ4n) is 2.50. The second-order valence-corrected chi connectivity index (χ2v) is 8.79. The van der Waals surface area contributed by atoms with Crippen LogP contribution in [0.5, 0.6) is 0 Å². The van der Waals surface area contributed by atoms with Crippen molar-refractivity contribution >= 4 is 26.0 Å². The summed E-state index contributed by atoms with van der Waals surface area (Å²) in [4.78, 5) is 0.315. The minimum atomic E-state index is -3.53. The summed E-state index contributed by atoms with van der Waals surface area (Å²) in [6, 6.07) is 7.20. The Morgan fingerprint density at radius 1 is 1.25 bits per heavy atom. The summed E-state index contributed by atoms with van der Waals surface area (Å²) in [7, 11) is -1.94. The molecule has 0 amide bonds. The fraction of sp³-hybridized carbons (Fsp3) is 0.471. The summed E-state index contributed by atoms with van der Waals surface area (Å²) in [5.41, 5.74) is 2.01. The zero-order valence-corrected chi connectivity index (χ0v) is 16.9. The molecule has 0 bridgehead atoms. The maximum atomic E-state index is 12.8.